The number of ether oxygens (including phenoxy) is 1. The second-order valence-corrected chi connectivity index (χ2v) is 5.98. The maximum absolute atomic E-state index is 5.59. The molecular weight excluding hydrogens is 262 g/mol. The second kappa shape index (κ2) is 7.95. The van der Waals surface area contributed by atoms with E-state index in [1.54, 1.807) is 0 Å². The molecule has 1 aliphatic rings. The van der Waals surface area contributed by atoms with Crippen molar-refractivity contribution in [1.29, 1.82) is 0 Å². The standard InChI is InChI=1S/C17H31N3O/c1-5-16-15(12-18-7-3)17(6-2)20(19-16)13-9-8-10-14(11-13)21-4/h13-14,18H,5-12H2,1-4H3. The maximum atomic E-state index is 5.59. The first-order valence-electron chi connectivity index (χ1n) is 8.57. The highest BCUT2D eigenvalue weighted by Gasteiger charge is 2.27. The fraction of sp³-hybridized carbons (Fsp3) is 0.824. The minimum atomic E-state index is 0.403. The van der Waals surface area contributed by atoms with Gasteiger partial charge in [0.2, 0.25) is 0 Å². The van der Waals surface area contributed by atoms with E-state index in [0.717, 1.165) is 32.4 Å². The molecule has 0 aromatic carbocycles. The first-order chi connectivity index (χ1) is 10.2. The lowest BCUT2D eigenvalue weighted by Gasteiger charge is -2.29. The summed E-state index contributed by atoms with van der Waals surface area (Å²) < 4.78 is 7.92. The average Bonchev–Trinajstić information content (AvgIpc) is 2.90. The Morgan fingerprint density at radius 3 is 2.67 bits per heavy atom. The summed E-state index contributed by atoms with van der Waals surface area (Å²) in [5, 5.41) is 8.44. The zero-order valence-electron chi connectivity index (χ0n) is 14.1. The van der Waals surface area contributed by atoms with Crippen LogP contribution >= 0.6 is 0 Å². The maximum Gasteiger partial charge on any atom is 0.0669 e. The van der Waals surface area contributed by atoms with Crippen LogP contribution in [0.3, 0.4) is 0 Å². The summed E-state index contributed by atoms with van der Waals surface area (Å²) in [5.41, 5.74) is 4.13. The fourth-order valence-corrected chi connectivity index (χ4v) is 3.53. The molecule has 0 aliphatic heterocycles. The van der Waals surface area contributed by atoms with E-state index >= 15 is 0 Å². The van der Waals surface area contributed by atoms with Crippen LogP contribution in [0.4, 0.5) is 0 Å². The van der Waals surface area contributed by atoms with Crippen molar-refractivity contribution in [2.24, 2.45) is 0 Å². The number of methoxy groups -OCH3 is 1. The Morgan fingerprint density at radius 2 is 2.05 bits per heavy atom. The predicted molar refractivity (Wildman–Crippen MR) is 86.7 cm³/mol. The summed E-state index contributed by atoms with van der Waals surface area (Å²) in [4.78, 5) is 0. The Labute approximate surface area is 129 Å². The van der Waals surface area contributed by atoms with E-state index in [4.69, 9.17) is 9.84 Å². The van der Waals surface area contributed by atoms with Gasteiger partial charge in [0.25, 0.3) is 0 Å². The van der Waals surface area contributed by atoms with Crippen LogP contribution in [-0.2, 0) is 24.1 Å². The Morgan fingerprint density at radius 1 is 1.24 bits per heavy atom. The lowest BCUT2D eigenvalue weighted by atomic mass is 9.92. The van der Waals surface area contributed by atoms with Gasteiger partial charge >= 0.3 is 0 Å². The number of rotatable bonds is 7. The van der Waals surface area contributed by atoms with Crippen molar-refractivity contribution >= 4 is 0 Å². The average molecular weight is 293 g/mol. The van der Waals surface area contributed by atoms with E-state index in [9.17, 15) is 0 Å². The van der Waals surface area contributed by atoms with Crippen LogP contribution < -0.4 is 5.32 Å². The third-order valence-corrected chi connectivity index (χ3v) is 4.70. The Hall–Kier alpha value is -0.870. The summed E-state index contributed by atoms with van der Waals surface area (Å²) in [6.07, 6.45) is 7.26. The van der Waals surface area contributed by atoms with Crippen molar-refractivity contribution in [3.63, 3.8) is 0 Å². The molecule has 0 spiro atoms. The summed E-state index contributed by atoms with van der Waals surface area (Å²) in [7, 11) is 1.84. The van der Waals surface area contributed by atoms with Crippen LogP contribution in [0.1, 0.15) is 69.4 Å². The van der Waals surface area contributed by atoms with Crippen LogP contribution in [-0.4, -0.2) is 29.5 Å². The van der Waals surface area contributed by atoms with Gasteiger partial charge in [0.05, 0.1) is 17.8 Å². The fourth-order valence-electron chi connectivity index (χ4n) is 3.53. The van der Waals surface area contributed by atoms with Crippen LogP contribution in [0.15, 0.2) is 0 Å². The third-order valence-electron chi connectivity index (χ3n) is 4.70. The Bertz CT molecular complexity index is 441. The number of aromatic nitrogens is 2. The molecule has 1 aromatic heterocycles. The Balaban J connectivity index is 2.27. The second-order valence-electron chi connectivity index (χ2n) is 5.98. The smallest absolute Gasteiger partial charge is 0.0669 e. The molecular formula is C17H31N3O. The molecule has 1 fully saturated rings. The van der Waals surface area contributed by atoms with Gasteiger partial charge in [-0.15, -0.1) is 0 Å². The first-order valence-corrected chi connectivity index (χ1v) is 8.57. The molecule has 2 unspecified atom stereocenters. The van der Waals surface area contributed by atoms with Crippen LogP contribution in [0.5, 0.6) is 0 Å². The molecule has 4 nitrogen and oxygen atoms in total. The summed E-state index contributed by atoms with van der Waals surface area (Å²) in [6, 6.07) is 0.513. The van der Waals surface area contributed by atoms with Crippen molar-refractivity contribution < 1.29 is 4.74 Å². The van der Waals surface area contributed by atoms with Crippen LogP contribution in [0.25, 0.3) is 0 Å². The van der Waals surface area contributed by atoms with E-state index in [-0.39, 0.29) is 0 Å². The van der Waals surface area contributed by atoms with Gasteiger partial charge in [-0.25, -0.2) is 0 Å². The molecule has 4 heteroatoms. The van der Waals surface area contributed by atoms with Gasteiger partial charge in [0.15, 0.2) is 0 Å². The number of aryl methyl sites for hydroxylation is 1. The lowest BCUT2D eigenvalue weighted by molar-refractivity contribution is 0.0502. The highest BCUT2D eigenvalue weighted by molar-refractivity contribution is 5.27. The third kappa shape index (κ3) is 3.67. The molecule has 1 heterocycles. The minimum absolute atomic E-state index is 0.403. The van der Waals surface area contributed by atoms with Crippen molar-refractivity contribution in [2.45, 2.75) is 78.0 Å². The summed E-state index contributed by atoms with van der Waals surface area (Å²) >= 11 is 0. The predicted octanol–water partition coefficient (Wildman–Crippen LogP) is 3.25. The summed E-state index contributed by atoms with van der Waals surface area (Å²) in [5.74, 6) is 0. The number of nitrogens with one attached hydrogen (secondary N) is 1. The van der Waals surface area contributed by atoms with Gasteiger partial charge in [0.1, 0.15) is 0 Å². The summed E-state index contributed by atoms with van der Waals surface area (Å²) in [6.45, 7) is 8.57. The normalized spacial score (nSPS) is 22.7. The van der Waals surface area contributed by atoms with Crippen molar-refractivity contribution in [3.8, 4) is 0 Å². The molecule has 0 saturated heterocycles. The van der Waals surface area contributed by atoms with Gasteiger partial charge < -0.3 is 10.1 Å². The van der Waals surface area contributed by atoms with Gasteiger partial charge in [-0.3, -0.25) is 4.68 Å². The highest BCUT2D eigenvalue weighted by Crippen LogP contribution is 2.32. The molecule has 0 amide bonds. The highest BCUT2D eigenvalue weighted by atomic mass is 16.5. The number of nitrogens with zero attached hydrogens (tertiary/aromatic N) is 2. The molecule has 120 valence electrons. The van der Waals surface area contributed by atoms with E-state index in [0.29, 0.717) is 12.1 Å². The number of hydrogen-bond acceptors (Lipinski definition) is 3. The Kier molecular flexibility index (Phi) is 6.24. The number of hydrogen-bond donors (Lipinski definition) is 1. The van der Waals surface area contributed by atoms with Gasteiger partial charge in [-0.05, 0) is 45.1 Å². The quantitative estimate of drug-likeness (QED) is 0.839. The van der Waals surface area contributed by atoms with E-state index in [2.05, 4.69) is 30.8 Å². The van der Waals surface area contributed by atoms with Gasteiger partial charge in [-0.2, -0.15) is 5.10 Å². The van der Waals surface area contributed by atoms with E-state index < -0.39 is 0 Å². The van der Waals surface area contributed by atoms with Crippen molar-refractivity contribution in [1.82, 2.24) is 15.1 Å². The lowest BCUT2D eigenvalue weighted by Crippen LogP contribution is -2.26. The molecule has 2 atom stereocenters. The molecule has 0 radical (unpaired) electrons. The molecule has 2 rings (SSSR count). The molecule has 1 saturated carbocycles. The zero-order valence-corrected chi connectivity index (χ0v) is 14.1. The van der Waals surface area contributed by atoms with Crippen LogP contribution in [0, 0.1) is 0 Å². The molecule has 0 bridgehead atoms. The molecule has 21 heavy (non-hydrogen) atoms. The monoisotopic (exact) mass is 293 g/mol. The molecule has 1 aliphatic carbocycles. The van der Waals surface area contributed by atoms with E-state index in [1.807, 2.05) is 7.11 Å². The zero-order chi connectivity index (χ0) is 15.2. The van der Waals surface area contributed by atoms with Crippen molar-refractivity contribution in [2.75, 3.05) is 13.7 Å². The topological polar surface area (TPSA) is 39.1 Å². The SMILES string of the molecule is CCNCc1c(CC)nn(C2CCCC(OC)C2)c1CC. The van der Waals surface area contributed by atoms with Crippen LogP contribution in [0.2, 0.25) is 0 Å². The molecule has 1 N–H and O–H groups in total. The van der Waals surface area contributed by atoms with E-state index in [1.165, 1.54) is 36.2 Å². The molecule has 1 aromatic rings. The minimum Gasteiger partial charge on any atom is -0.381 e. The van der Waals surface area contributed by atoms with Crippen molar-refractivity contribution in [3.05, 3.63) is 17.0 Å². The van der Waals surface area contributed by atoms with Gasteiger partial charge in [-0.1, -0.05) is 20.8 Å². The first kappa shape index (κ1) is 16.5. The largest absolute Gasteiger partial charge is 0.381 e. The van der Waals surface area contributed by atoms with Gasteiger partial charge in [0, 0.05) is 24.9 Å².